The van der Waals surface area contributed by atoms with Gasteiger partial charge in [-0.15, -0.1) is 0 Å². The number of rotatable bonds is 1. The van der Waals surface area contributed by atoms with Crippen LogP contribution in [-0.4, -0.2) is 24.7 Å². The maximum atomic E-state index is 11.9. The molecule has 2 heterocycles. The van der Waals surface area contributed by atoms with Gasteiger partial charge in [0, 0.05) is 5.56 Å². The summed E-state index contributed by atoms with van der Waals surface area (Å²) < 4.78 is 5.63. The highest BCUT2D eigenvalue weighted by molar-refractivity contribution is 5.82. The van der Waals surface area contributed by atoms with Crippen LogP contribution < -0.4 is 4.74 Å². The number of amides is 1. The van der Waals surface area contributed by atoms with Crippen LogP contribution in [0.3, 0.4) is 0 Å². The second-order valence-electron chi connectivity index (χ2n) is 4.40. The first-order valence-electron chi connectivity index (χ1n) is 5.29. The molecule has 0 saturated heterocycles. The lowest BCUT2D eigenvalue weighted by atomic mass is 9.84. The van der Waals surface area contributed by atoms with E-state index in [-0.39, 0.29) is 5.91 Å². The second kappa shape index (κ2) is 2.98. The standard InChI is InChI=1S/C12H13NO3/c1-12-7-16-9-5-3-4-8(11(9)12)6-10(14)13(12)15-2/h3-5H,6-7H2,1-2H3/t12-/m0/s1. The molecule has 4 nitrogen and oxygen atoms in total. The van der Waals surface area contributed by atoms with Crippen LogP contribution in [0.15, 0.2) is 18.2 Å². The molecule has 4 heteroatoms. The fraction of sp³-hybridized carbons (Fsp3) is 0.417. The van der Waals surface area contributed by atoms with Crippen molar-refractivity contribution in [2.45, 2.75) is 18.9 Å². The Kier molecular flexibility index (Phi) is 1.80. The summed E-state index contributed by atoms with van der Waals surface area (Å²) in [6.45, 7) is 2.43. The Morgan fingerprint density at radius 1 is 1.50 bits per heavy atom. The molecule has 3 rings (SSSR count). The van der Waals surface area contributed by atoms with E-state index in [2.05, 4.69) is 0 Å². The Balaban J connectivity index is 2.24. The zero-order valence-electron chi connectivity index (χ0n) is 9.32. The topological polar surface area (TPSA) is 38.8 Å². The molecule has 84 valence electrons. The third-order valence-electron chi connectivity index (χ3n) is 3.36. The Hall–Kier alpha value is -1.55. The Morgan fingerprint density at radius 3 is 3.06 bits per heavy atom. The van der Waals surface area contributed by atoms with Gasteiger partial charge in [0.1, 0.15) is 17.9 Å². The quantitative estimate of drug-likeness (QED) is 0.713. The maximum Gasteiger partial charge on any atom is 0.251 e. The lowest BCUT2D eigenvalue weighted by Gasteiger charge is -2.39. The number of hydrogen-bond donors (Lipinski definition) is 0. The monoisotopic (exact) mass is 219 g/mol. The van der Waals surface area contributed by atoms with Gasteiger partial charge < -0.3 is 4.74 Å². The van der Waals surface area contributed by atoms with Gasteiger partial charge in [-0.3, -0.25) is 9.63 Å². The van der Waals surface area contributed by atoms with Crippen LogP contribution in [0.25, 0.3) is 0 Å². The molecule has 0 aromatic heterocycles. The molecule has 0 spiro atoms. The van der Waals surface area contributed by atoms with Crippen molar-refractivity contribution < 1.29 is 14.4 Å². The first-order valence-corrected chi connectivity index (χ1v) is 5.29. The molecule has 0 radical (unpaired) electrons. The maximum absolute atomic E-state index is 11.9. The van der Waals surface area contributed by atoms with Crippen LogP contribution in [0.1, 0.15) is 18.1 Å². The van der Waals surface area contributed by atoms with E-state index in [0.717, 1.165) is 16.9 Å². The van der Waals surface area contributed by atoms with Gasteiger partial charge >= 0.3 is 0 Å². The number of carbonyl (C=O) groups excluding carboxylic acids is 1. The summed E-state index contributed by atoms with van der Waals surface area (Å²) in [4.78, 5) is 17.1. The molecule has 2 aliphatic heterocycles. The van der Waals surface area contributed by atoms with E-state index >= 15 is 0 Å². The van der Waals surface area contributed by atoms with E-state index in [9.17, 15) is 4.79 Å². The number of nitrogens with zero attached hydrogens (tertiary/aromatic N) is 1. The second-order valence-corrected chi connectivity index (χ2v) is 4.40. The summed E-state index contributed by atoms with van der Waals surface area (Å²) >= 11 is 0. The Labute approximate surface area is 93.7 Å². The molecule has 2 aliphatic rings. The van der Waals surface area contributed by atoms with E-state index < -0.39 is 5.54 Å². The van der Waals surface area contributed by atoms with Gasteiger partial charge in [0.05, 0.1) is 13.5 Å². The number of hydrogen-bond acceptors (Lipinski definition) is 3. The molecule has 1 aromatic carbocycles. The van der Waals surface area contributed by atoms with E-state index in [0.29, 0.717) is 13.0 Å². The first-order chi connectivity index (χ1) is 7.66. The minimum atomic E-state index is -0.476. The van der Waals surface area contributed by atoms with E-state index in [4.69, 9.17) is 9.57 Å². The first kappa shape index (κ1) is 9.66. The minimum Gasteiger partial charge on any atom is -0.490 e. The van der Waals surface area contributed by atoms with Crippen LogP contribution in [0.2, 0.25) is 0 Å². The van der Waals surface area contributed by atoms with Crippen LogP contribution >= 0.6 is 0 Å². The summed E-state index contributed by atoms with van der Waals surface area (Å²) in [6, 6.07) is 5.85. The van der Waals surface area contributed by atoms with Gasteiger partial charge in [0.15, 0.2) is 0 Å². The molecule has 0 N–H and O–H groups in total. The van der Waals surface area contributed by atoms with Gasteiger partial charge in [-0.2, -0.15) is 0 Å². The van der Waals surface area contributed by atoms with Gasteiger partial charge in [-0.25, -0.2) is 5.06 Å². The van der Waals surface area contributed by atoms with Crippen molar-refractivity contribution in [1.29, 1.82) is 0 Å². The third kappa shape index (κ3) is 0.998. The van der Waals surface area contributed by atoms with Crippen molar-refractivity contribution in [3.63, 3.8) is 0 Å². The number of carbonyl (C=O) groups is 1. The molecule has 0 saturated carbocycles. The van der Waals surface area contributed by atoms with E-state index in [1.165, 1.54) is 12.2 Å². The highest BCUT2D eigenvalue weighted by atomic mass is 16.7. The zero-order valence-corrected chi connectivity index (χ0v) is 9.32. The van der Waals surface area contributed by atoms with Gasteiger partial charge in [0.25, 0.3) is 5.91 Å². The fourth-order valence-electron chi connectivity index (χ4n) is 2.72. The molecule has 0 aliphatic carbocycles. The number of ether oxygens (including phenoxy) is 1. The highest BCUT2D eigenvalue weighted by Crippen LogP contribution is 2.46. The van der Waals surface area contributed by atoms with Crippen molar-refractivity contribution >= 4 is 5.91 Å². The average Bonchev–Trinajstić information content (AvgIpc) is 2.59. The van der Waals surface area contributed by atoms with Gasteiger partial charge in [-0.1, -0.05) is 12.1 Å². The molecular formula is C12H13NO3. The van der Waals surface area contributed by atoms with E-state index in [1.54, 1.807) is 0 Å². The van der Waals surface area contributed by atoms with Crippen molar-refractivity contribution in [1.82, 2.24) is 5.06 Å². The Bertz CT molecular complexity index is 471. The van der Waals surface area contributed by atoms with Gasteiger partial charge in [0.2, 0.25) is 0 Å². The summed E-state index contributed by atoms with van der Waals surface area (Å²) in [5, 5.41) is 1.44. The molecule has 1 amide bonds. The molecule has 1 atom stereocenters. The molecule has 0 fully saturated rings. The summed E-state index contributed by atoms with van der Waals surface area (Å²) in [7, 11) is 1.52. The highest BCUT2D eigenvalue weighted by Gasteiger charge is 2.49. The van der Waals surface area contributed by atoms with Gasteiger partial charge in [-0.05, 0) is 18.6 Å². The summed E-state index contributed by atoms with van der Waals surface area (Å²) in [5.41, 5.74) is 1.67. The molecule has 0 unspecified atom stereocenters. The normalized spacial score (nSPS) is 26.6. The lowest BCUT2D eigenvalue weighted by Crippen LogP contribution is -2.51. The Morgan fingerprint density at radius 2 is 2.31 bits per heavy atom. The molecule has 16 heavy (non-hydrogen) atoms. The number of benzene rings is 1. The molecular weight excluding hydrogens is 206 g/mol. The largest absolute Gasteiger partial charge is 0.490 e. The number of hydroxylamine groups is 2. The predicted octanol–water partition coefficient (Wildman–Crippen LogP) is 1.24. The minimum absolute atomic E-state index is 0.0137. The van der Waals surface area contributed by atoms with Crippen molar-refractivity contribution in [3.8, 4) is 5.75 Å². The summed E-state index contributed by atoms with van der Waals surface area (Å²) in [5.74, 6) is 0.856. The molecule has 1 aromatic rings. The smallest absolute Gasteiger partial charge is 0.251 e. The van der Waals surface area contributed by atoms with Crippen molar-refractivity contribution in [2.24, 2.45) is 0 Å². The van der Waals surface area contributed by atoms with Crippen LogP contribution in [0.4, 0.5) is 0 Å². The zero-order chi connectivity index (χ0) is 11.3. The SMILES string of the molecule is CON1C(=O)Cc2cccc3c2[C@]1(C)CO3. The predicted molar refractivity (Wildman–Crippen MR) is 56.8 cm³/mol. The van der Waals surface area contributed by atoms with Crippen LogP contribution in [0, 0.1) is 0 Å². The van der Waals surface area contributed by atoms with Crippen molar-refractivity contribution in [2.75, 3.05) is 13.7 Å². The average molecular weight is 219 g/mol. The summed E-state index contributed by atoms with van der Waals surface area (Å²) in [6.07, 6.45) is 0.385. The van der Waals surface area contributed by atoms with Crippen LogP contribution in [-0.2, 0) is 21.6 Å². The van der Waals surface area contributed by atoms with Crippen LogP contribution in [0.5, 0.6) is 5.75 Å². The third-order valence-corrected chi connectivity index (χ3v) is 3.36. The molecule has 0 bridgehead atoms. The van der Waals surface area contributed by atoms with E-state index in [1.807, 2.05) is 25.1 Å². The fourth-order valence-corrected chi connectivity index (χ4v) is 2.72. The lowest BCUT2D eigenvalue weighted by molar-refractivity contribution is -0.212. The van der Waals surface area contributed by atoms with Crippen molar-refractivity contribution in [3.05, 3.63) is 29.3 Å².